The third-order valence-corrected chi connectivity index (χ3v) is 5.76. The molecule has 0 saturated heterocycles. The summed E-state index contributed by atoms with van der Waals surface area (Å²) in [7, 11) is 0. The third kappa shape index (κ3) is 8.74. The van der Waals surface area contributed by atoms with Gasteiger partial charge >= 0.3 is 0 Å². The number of benzene rings is 2. The van der Waals surface area contributed by atoms with E-state index in [1.165, 1.54) is 23.9 Å². The van der Waals surface area contributed by atoms with Crippen molar-refractivity contribution < 1.29 is 14.0 Å². The van der Waals surface area contributed by atoms with Crippen LogP contribution in [0.1, 0.15) is 45.2 Å². The highest BCUT2D eigenvalue weighted by molar-refractivity contribution is 7.99. The van der Waals surface area contributed by atoms with Crippen LogP contribution in [0.2, 0.25) is 0 Å². The number of thioether (sulfide) groups is 1. The second kappa shape index (κ2) is 11.9. The average molecular weight is 445 g/mol. The van der Waals surface area contributed by atoms with Crippen LogP contribution in [-0.4, -0.2) is 40.6 Å². The Kier molecular flexibility index (Phi) is 9.56. The minimum atomic E-state index is -0.512. The van der Waals surface area contributed by atoms with Crippen LogP contribution in [0.25, 0.3) is 0 Å². The van der Waals surface area contributed by atoms with Gasteiger partial charge in [-0.3, -0.25) is 9.59 Å². The van der Waals surface area contributed by atoms with Crippen LogP contribution < -0.4 is 5.32 Å². The van der Waals surface area contributed by atoms with Crippen LogP contribution in [0.3, 0.4) is 0 Å². The second-order valence-corrected chi connectivity index (χ2v) is 9.59. The molecule has 2 aromatic carbocycles. The average Bonchev–Trinajstić information content (AvgIpc) is 2.71. The fraction of sp³-hybridized carbons (Fsp3) is 0.440. The van der Waals surface area contributed by atoms with Crippen molar-refractivity contribution in [2.75, 3.05) is 12.3 Å². The molecule has 0 radical (unpaired) electrons. The molecule has 2 aromatic rings. The lowest BCUT2D eigenvalue weighted by Gasteiger charge is -2.33. The number of hydrogen-bond donors (Lipinski definition) is 1. The molecule has 0 heterocycles. The largest absolute Gasteiger partial charge is 0.350 e. The van der Waals surface area contributed by atoms with Crippen LogP contribution >= 0.6 is 11.8 Å². The third-order valence-electron chi connectivity index (χ3n) is 4.78. The van der Waals surface area contributed by atoms with E-state index < -0.39 is 6.04 Å². The summed E-state index contributed by atoms with van der Waals surface area (Å²) < 4.78 is 13.1. The summed E-state index contributed by atoms with van der Waals surface area (Å²) in [4.78, 5) is 27.8. The van der Waals surface area contributed by atoms with Crippen LogP contribution in [0.4, 0.5) is 4.39 Å². The lowest BCUT2D eigenvalue weighted by atomic mass is 10.1. The van der Waals surface area contributed by atoms with Gasteiger partial charge in [-0.1, -0.05) is 49.4 Å². The number of halogens is 1. The summed E-state index contributed by atoms with van der Waals surface area (Å²) in [6, 6.07) is 15.8. The summed E-state index contributed by atoms with van der Waals surface area (Å²) in [5, 5.41) is 3.02. The maximum Gasteiger partial charge on any atom is 0.243 e. The van der Waals surface area contributed by atoms with Crippen molar-refractivity contribution in [3.63, 3.8) is 0 Å². The summed E-state index contributed by atoms with van der Waals surface area (Å²) >= 11 is 1.48. The first-order valence-electron chi connectivity index (χ1n) is 10.7. The van der Waals surface area contributed by atoms with Crippen LogP contribution in [0, 0.1) is 5.82 Å². The topological polar surface area (TPSA) is 49.4 Å². The van der Waals surface area contributed by atoms with Crippen LogP contribution in [0.5, 0.6) is 0 Å². The Morgan fingerprint density at radius 2 is 1.68 bits per heavy atom. The highest BCUT2D eigenvalue weighted by Gasteiger charge is 2.30. The van der Waals surface area contributed by atoms with Gasteiger partial charge in [-0.15, -0.1) is 11.8 Å². The smallest absolute Gasteiger partial charge is 0.243 e. The van der Waals surface area contributed by atoms with E-state index in [2.05, 4.69) is 5.32 Å². The fourth-order valence-electron chi connectivity index (χ4n) is 3.27. The fourth-order valence-corrected chi connectivity index (χ4v) is 4.14. The first-order chi connectivity index (χ1) is 14.7. The molecule has 4 nitrogen and oxygen atoms in total. The summed E-state index contributed by atoms with van der Waals surface area (Å²) in [6.45, 7) is 8.22. The summed E-state index contributed by atoms with van der Waals surface area (Å²) in [5.41, 5.74) is 1.73. The van der Waals surface area contributed by atoms with Crippen LogP contribution in [-0.2, 0) is 21.8 Å². The van der Waals surface area contributed by atoms with E-state index in [0.717, 1.165) is 11.1 Å². The molecule has 0 aliphatic heterocycles. The van der Waals surface area contributed by atoms with Gasteiger partial charge in [0.1, 0.15) is 11.9 Å². The molecule has 6 heteroatoms. The first-order valence-corrected chi connectivity index (χ1v) is 11.8. The zero-order valence-corrected chi connectivity index (χ0v) is 19.7. The Hall–Kier alpha value is -2.34. The molecule has 0 aliphatic carbocycles. The molecule has 0 fully saturated rings. The molecule has 0 unspecified atom stereocenters. The van der Waals surface area contributed by atoms with Gasteiger partial charge in [0.2, 0.25) is 11.8 Å². The molecule has 0 bridgehead atoms. The Labute approximate surface area is 189 Å². The predicted molar refractivity (Wildman–Crippen MR) is 126 cm³/mol. The van der Waals surface area contributed by atoms with E-state index in [9.17, 15) is 14.0 Å². The highest BCUT2D eigenvalue weighted by Crippen LogP contribution is 2.17. The SMILES string of the molecule is CC[C@H](C(=O)NC(C)(C)C)N(CCc1ccccc1)C(=O)CSCc1ccc(F)cc1. The van der Waals surface area contributed by atoms with Crippen molar-refractivity contribution in [2.45, 2.75) is 57.9 Å². The lowest BCUT2D eigenvalue weighted by Crippen LogP contribution is -2.54. The minimum Gasteiger partial charge on any atom is -0.350 e. The number of hydrogen-bond acceptors (Lipinski definition) is 3. The van der Waals surface area contributed by atoms with Crippen molar-refractivity contribution >= 4 is 23.6 Å². The van der Waals surface area contributed by atoms with Crippen LogP contribution in [0.15, 0.2) is 54.6 Å². The number of nitrogens with one attached hydrogen (secondary N) is 1. The van der Waals surface area contributed by atoms with Gasteiger partial charge in [0.25, 0.3) is 0 Å². The molecule has 1 atom stereocenters. The molecular weight excluding hydrogens is 411 g/mol. The van der Waals surface area contributed by atoms with Gasteiger partial charge in [-0.25, -0.2) is 4.39 Å². The van der Waals surface area contributed by atoms with Crippen molar-refractivity contribution in [3.05, 3.63) is 71.5 Å². The normalized spacial score (nSPS) is 12.3. The number of carbonyl (C=O) groups is 2. The van der Waals surface area contributed by atoms with Crippen molar-refractivity contribution in [3.8, 4) is 0 Å². The van der Waals surface area contributed by atoms with Crippen molar-refractivity contribution in [1.82, 2.24) is 10.2 Å². The number of carbonyl (C=O) groups excluding carboxylic acids is 2. The van der Waals surface area contributed by atoms with E-state index in [1.54, 1.807) is 17.0 Å². The Morgan fingerprint density at radius 1 is 1.03 bits per heavy atom. The van der Waals surface area contributed by atoms with E-state index in [-0.39, 0.29) is 28.9 Å². The lowest BCUT2D eigenvalue weighted by molar-refractivity contribution is -0.139. The summed E-state index contributed by atoms with van der Waals surface area (Å²) in [5.74, 6) is 0.432. The van der Waals surface area contributed by atoms with E-state index in [1.807, 2.05) is 58.0 Å². The molecular formula is C25H33FN2O2S. The van der Waals surface area contributed by atoms with Gasteiger partial charge in [0.05, 0.1) is 5.75 Å². The minimum absolute atomic E-state index is 0.0565. The molecule has 0 aromatic heterocycles. The molecule has 0 spiro atoms. The van der Waals surface area contributed by atoms with Gasteiger partial charge in [-0.05, 0) is 56.9 Å². The molecule has 2 amide bonds. The molecule has 0 saturated carbocycles. The maximum atomic E-state index is 13.1. The van der Waals surface area contributed by atoms with Gasteiger partial charge in [-0.2, -0.15) is 0 Å². The Balaban J connectivity index is 2.07. The predicted octanol–water partition coefficient (Wildman–Crippen LogP) is 4.82. The Morgan fingerprint density at radius 3 is 2.26 bits per heavy atom. The molecule has 1 N–H and O–H groups in total. The van der Waals surface area contributed by atoms with Gasteiger partial charge < -0.3 is 10.2 Å². The second-order valence-electron chi connectivity index (χ2n) is 8.61. The van der Waals surface area contributed by atoms with Gasteiger partial charge in [0.15, 0.2) is 0 Å². The van der Waals surface area contributed by atoms with E-state index in [0.29, 0.717) is 25.1 Å². The van der Waals surface area contributed by atoms with E-state index >= 15 is 0 Å². The maximum absolute atomic E-state index is 13.1. The number of nitrogens with zero attached hydrogens (tertiary/aromatic N) is 1. The zero-order chi connectivity index (χ0) is 22.9. The molecule has 2 rings (SSSR count). The van der Waals surface area contributed by atoms with E-state index in [4.69, 9.17) is 0 Å². The monoisotopic (exact) mass is 444 g/mol. The summed E-state index contributed by atoms with van der Waals surface area (Å²) in [6.07, 6.45) is 1.24. The number of amides is 2. The Bertz CT molecular complexity index is 835. The number of rotatable bonds is 10. The standard InChI is InChI=1S/C25H33FN2O2S/c1-5-22(24(30)27-25(2,3)4)28(16-15-19-9-7-6-8-10-19)23(29)18-31-17-20-11-13-21(26)14-12-20/h6-14,22H,5,15-18H2,1-4H3,(H,27,30)/t22-/m1/s1. The molecule has 168 valence electrons. The van der Waals surface area contributed by atoms with Crippen molar-refractivity contribution in [2.24, 2.45) is 0 Å². The molecule has 0 aliphatic rings. The van der Waals surface area contributed by atoms with Crippen molar-refractivity contribution in [1.29, 1.82) is 0 Å². The molecule has 31 heavy (non-hydrogen) atoms. The zero-order valence-electron chi connectivity index (χ0n) is 18.9. The first kappa shape index (κ1) is 24.9. The quantitative estimate of drug-likeness (QED) is 0.571. The highest BCUT2D eigenvalue weighted by atomic mass is 32.2. The van der Waals surface area contributed by atoms with Gasteiger partial charge in [0, 0.05) is 17.8 Å².